The van der Waals surface area contributed by atoms with E-state index < -0.39 is 0 Å². The van der Waals surface area contributed by atoms with E-state index in [2.05, 4.69) is 0 Å². The molecule has 3 heterocycles. The van der Waals surface area contributed by atoms with Crippen molar-refractivity contribution >= 4 is 0 Å². The van der Waals surface area contributed by atoms with Gasteiger partial charge in [0.05, 0.1) is 11.1 Å². The van der Waals surface area contributed by atoms with Gasteiger partial charge < -0.3 is 14.9 Å². The standard InChI is InChI=1S/C14H17NO3/c16-13-11-9-6-7-10(18-9)12(11)14(17)15(13)8-4-2-1-3-5-8/h6-10,16-17H,1-5H2. The molecule has 1 aromatic heterocycles. The van der Waals surface area contributed by atoms with E-state index in [0.29, 0.717) is 0 Å². The molecule has 3 aliphatic rings. The summed E-state index contributed by atoms with van der Waals surface area (Å²) in [5, 5.41) is 20.8. The van der Waals surface area contributed by atoms with E-state index in [1.807, 2.05) is 12.2 Å². The number of rotatable bonds is 1. The summed E-state index contributed by atoms with van der Waals surface area (Å²) in [7, 11) is 0. The van der Waals surface area contributed by atoms with Crippen LogP contribution in [0.15, 0.2) is 12.2 Å². The molecule has 96 valence electrons. The summed E-state index contributed by atoms with van der Waals surface area (Å²) >= 11 is 0. The zero-order chi connectivity index (χ0) is 12.3. The maximum atomic E-state index is 10.4. The SMILES string of the molecule is Oc1c2c(c(O)n1C1CCCCC1)C1C=CC2O1. The first-order chi connectivity index (χ1) is 8.77. The molecule has 2 bridgehead atoms. The molecule has 2 unspecified atom stereocenters. The Bertz CT molecular complexity index is 490. The third kappa shape index (κ3) is 1.19. The second-order valence-corrected chi connectivity index (χ2v) is 5.50. The molecule has 4 rings (SSSR count). The monoisotopic (exact) mass is 247 g/mol. The molecule has 0 spiro atoms. The highest BCUT2D eigenvalue weighted by molar-refractivity contribution is 5.55. The van der Waals surface area contributed by atoms with E-state index in [-0.39, 0.29) is 30.0 Å². The lowest BCUT2D eigenvalue weighted by atomic mass is 9.95. The van der Waals surface area contributed by atoms with Crippen molar-refractivity contribution in [2.24, 2.45) is 0 Å². The fourth-order valence-corrected chi connectivity index (χ4v) is 3.63. The Labute approximate surface area is 105 Å². The van der Waals surface area contributed by atoms with E-state index in [4.69, 9.17) is 4.74 Å². The van der Waals surface area contributed by atoms with Crippen LogP contribution < -0.4 is 0 Å². The van der Waals surface area contributed by atoms with E-state index in [1.165, 1.54) is 19.3 Å². The molecule has 1 fully saturated rings. The average Bonchev–Trinajstić information content (AvgIpc) is 3.05. The molecular formula is C14H17NO3. The van der Waals surface area contributed by atoms with Crippen LogP contribution >= 0.6 is 0 Å². The average molecular weight is 247 g/mol. The van der Waals surface area contributed by atoms with Crippen LogP contribution in [0.2, 0.25) is 0 Å². The highest BCUT2D eigenvalue weighted by Gasteiger charge is 2.43. The summed E-state index contributed by atoms with van der Waals surface area (Å²) in [5.74, 6) is 0.428. The van der Waals surface area contributed by atoms with Gasteiger partial charge in [-0.25, -0.2) is 0 Å². The topological polar surface area (TPSA) is 54.6 Å². The van der Waals surface area contributed by atoms with Crippen LogP contribution in [0.25, 0.3) is 0 Å². The van der Waals surface area contributed by atoms with E-state index in [0.717, 1.165) is 24.0 Å². The van der Waals surface area contributed by atoms with Crippen molar-refractivity contribution in [2.75, 3.05) is 0 Å². The number of fused-ring (bicyclic) bond motifs is 5. The van der Waals surface area contributed by atoms with Gasteiger partial charge in [-0.15, -0.1) is 0 Å². The molecule has 0 aromatic carbocycles. The number of hydrogen-bond donors (Lipinski definition) is 2. The van der Waals surface area contributed by atoms with Crippen LogP contribution in [0, 0.1) is 0 Å². The lowest BCUT2D eigenvalue weighted by molar-refractivity contribution is 0.0830. The quantitative estimate of drug-likeness (QED) is 0.750. The van der Waals surface area contributed by atoms with Gasteiger partial charge in [-0.05, 0) is 12.8 Å². The summed E-state index contributed by atoms with van der Waals surface area (Å²) in [6, 6.07) is 0.240. The third-order valence-corrected chi connectivity index (χ3v) is 4.49. The molecule has 2 aliphatic heterocycles. The first-order valence-electron chi connectivity index (χ1n) is 6.77. The van der Waals surface area contributed by atoms with Gasteiger partial charge in [0.25, 0.3) is 0 Å². The van der Waals surface area contributed by atoms with Gasteiger partial charge in [-0.1, -0.05) is 31.4 Å². The Balaban J connectivity index is 1.81. The zero-order valence-corrected chi connectivity index (χ0v) is 10.2. The number of aromatic hydroxyl groups is 2. The Morgan fingerprint density at radius 2 is 1.50 bits per heavy atom. The lowest BCUT2D eigenvalue weighted by Gasteiger charge is -2.25. The summed E-state index contributed by atoms with van der Waals surface area (Å²) in [6.07, 6.45) is 9.27. The Hall–Kier alpha value is -1.42. The molecule has 2 atom stereocenters. The van der Waals surface area contributed by atoms with Crippen molar-refractivity contribution < 1.29 is 14.9 Å². The number of ether oxygens (including phenoxy) is 1. The predicted octanol–water partition coefficient (Wildman–Crippen LogP) is 3.09. The normalized spacial score (nSPS) is 30.0. The summed E-state index contributed by atoms with van der Waals surface area (Å²) in [5.41, 5.74) is 1.57. The van der Waals surface area contributed by atoms with Gasteiger partial charge in [0, 0.05) is 6.04 Å². The Morgan fingerprint density at radius 3 is 2.06 bits per heavy atom. The van der Waals surface area contributed by atoms with Crippen LogP contribution in [-0.2, 0) is 4.74 Å². The van der Waals surface area contributed by atoms with Crippen LogP contribution in [-0.4, -0.2) is 14.8 Å². The van der Waals surface area contributed by atoms with E-state index in [9.17, 15) is 10.2 Å². The smallest absolute Gasteiger partial charge is 0.200 e. The first kappa shape index (κ1) is 10.5. The molecule has 4 heteroatoms. The highest BCUT2D eigenvalue weighted by Crippen LogP contribution is 2.56. The summed E-state index contributed by atoms with van der Waals surface area (Å²) in [4.78, 5) is 0. The Morgan fingerprint density at radius 1 is 0.944 bits per heavy atom. The van der Waals surface area contributed by atoms with Crippen LogP contribution in [0.3, 0.4) is 0 Å². The minimum Gasteiger partial charge on any atom is -0.494 e. The van der Waals surface area contributed by atoms with Crippen molar-refractivity contribution in [1.82, 2.24) is 4.57 Å². The highest BCUT2D eigenvalue weighted by atomic mass is 16.5. The molecule has 1 saturated carbocycles. The largest absolute Gasteiger partial charge is 0.494 e. The molecule has 1 aliphatic carbocycles. The molecule has 0 amide bonds. The van der Waals surface area contributed by atoms with Gasteiger partial charge in [0.15, 0.2) is 0 Å². The first-order valence-corrected chi connectivity index (χ1v) is 6.77. The zero-order valence-electron chi connectivity index (χ0n) is 10.2. The van der Waals surface area contributed by atoms with Crippen molar-refractivity contribution in [3.63, 3.8) is 0 Å². The predicted molar refractivity (Wildman–Crippen MR) is 65.6 cm³/mol. The van der Waals surface area contributed by atoms with Crippen LogP contribution in [0.1, 0.15) is 61.5 Å². The van der Waals surface area contributed by atoms with Gasteiger partial charge >= 0.3 is 0 Å². The second-order valence-electron chi connectivity index (χ2n) is 5.50. The minimum atomic E-state index is -0.166. The minimum absolute atomic E-state index is 0.166. The third-order valence-electron chi connectivity index (χ3n) is 4.49. The number of aromatic nitrogens is 1. The molecule has 18 heavy (non-hydrogen) atoms. The molecule has 2 N–H and O–H groups in total. The number of nitrogens with zero attached hydrogens (tertiary/aromatic N) is 1. The molecule has 0 radical (unpaired) electrons. The van der Waals surface area contributed by atoms with Crippen LogP contribution in [0.4, 0.5) is 0 Å². The van der Waals surface area contributed by atoms with Gasteiger partial charge in [0.1, 0.15) is 12.2 Å². The fraction of sp³-hybridized carbons (Fsp3) is 0.571. The number of hydrogen-bond acceptors (Lipinski definition) is 3. The van der Waals surface area contributed by atoms with Crippen molar-refractivity contribution in [3.05, 3.63) is 23.3 Å². The van der Waals surface area contributed by atoms with E-state index >= 15 is 0 Å². The maximum absolute atomic E-state index is 10.4. The second kappa shape index (κ2) is 3.54. The summed E-state index contributed by atoms with van der Waals surface area (Å²) in [6.45, 7) is 0. The molecule has 4 nitrogen and oxygen atoms in total. The fourth-order valence-electron chi connectivity index (χ4n) is 3.63. The van der Waals surface area contributed by atoms with Crippen molar-refractivity contribution in [3.8, 4) is 11.8 Å². The lowest BCUT2D eigenvalue weighted by Crippen LogP contribution is -2.12. The molecular weight excluding hydrogens is 230 g/mol. The molecule has 0 saturated heterocycles. The van der Waals surface area contributed by atoms with E-state index in [1.54, 1.807) is 4.57 Å². The van der Waals surface area contributed by atoms with Crippen molar-refractivity contribution in [2.45, 2.75) is 50.4 Å². The van der Waals surface area contributed by atoms with Crippen molar-refractivity contribution in [1.29, 1.82) is 0 Å². The van der Waals surface area contributed by atoms with Crippen LogP contribution in [0.5, 0.6) is 11.8 Å². The van der Waals surface area contributed by atoms with Gasteiger partial charge in [-0.2, -0.15) is 0 Å². The Kier molecular flexibility index (Phi) is 2.07. The maximum Gasteiger partial charge on any atom is 0.200 e. The van der Waals surface area contributed by atoms with Gasteiger partial charge in [0.2, 0.25) is 11.8 Å². The van der Waals surface area contributed by atoms with Gasteiger partial charge in [-0.3, -0.25) is 4.57 Å². The molecule has 1 aromatic rings. The summed E-state index contributed by atoms with van der Waals surface area (Å²) < 4.78 is 7.38.